The first-order valence-corrected chi connectivity index (χ1v) is 30.9. The first-order chi connectivity index (χ1) is 33.5. The minimum absolute atomic E-state index is 0.00348. The Balaban J connectivity index is 3.38. The first kappa shape index (κ1) is 66.6. The zero-order chi connectivity index (χ0) is 49.3. The van der Waals surface area contributed by atoms with Gasteiger partial charge < -0.3 is 20.3 Å². The van der Waals surface area contributed by atoms with Crippen molar-refractivity contribution in [3.05, 3.63) is 12.2 Å². The van der Waals surface area contributed by atoms with Crippen LogP contribution in [0.3, 0.4) is 0 Å². The Morgan fingerprint density at radius 1 is 0.397 bits per heavy atom. The molecule has 68 heavy (non-hydrogen) atoms. The maximum absolute atomic E-state index is 12.5. The monoisotopic (exact) mass is 960 g/mol. The summed E-state index contributed by atoms with van der Waals surface area (Å²) < 4.78 is 5.47. The molecular formula is C62H121NO5. The SMILES string of the molecule is CCCCCC/C=C\CCCCCCCC(=O)OCCCCCCCCCCCCCCCCCCCCCCCC(=O)NC(CO)C(O)CCCCCCCCCCCCCCCCCCC. The van der Waals surface area contributed by atoms with E-state index in [4.69, 9.17) is 4.74 Å². The van der Waals surface area contributed by atoms with Gasteiger partial charge in [0.05, 0.1) is 25.4 Å². The molecule has 2 unspecified atom stereocenters. The van der Waals surface area contributed by atoms with E-state index < -0.39 is 12.1 Å². The third-order valence-corrected chi connectivity index (χ3v) is 14.6. The van der Waals surface area contributed by atoms with Crippen LogP contribution in [0, 0.1) is 0 Å². The molecule has 0 saturated carbocycles. The average molecular weight is 961 g/mol. The molecule has 1 amide bonds. The highest BCUT2D eigenvalue weighted by molar-refractivity contribution is 5.76. The highest BCUT2D eigenvalue weighted by Crippen LogP contribution is 2.18. The highest BCUT2D eigenvalue weighted by Gasteiger charge is 2.20. The van der Waals surface area contributed by atoms with E-state index in [2.05, 4.69) is 31.3 Å². The Labute approximate surface area is 425 Å². The Kier molecular flexibility index (Phi) is 57.0. The van der Waals surface area contributed by atoms with E-state index in [9.17, 15) is 19.8 Å². The average Bonchev–Trinajstić information content (AvgIpc) is 3.34. The number of rotatable bonds is 58. The van der Waals surface area contributed by atoms with Crippen LogP contribution in [0.1, 0.15) is 348 Å². The highest BCUT2D eigenvalue weighted by atomic mass is 16.5. The molecule has 0 rings (SSSR count). The molecule has 0 aliphatic rings. The number of aliphatic hydroxyl groups is 2. The van der Waals surface area contributed by atoms with Gasteiger partial charge >= 0.3 is 5.97 Å². The normalized spacial score (nSPS) is 12.6. The van der Waals surface area contributed by atoms with Gasteiger partial charge in [-0.2, -0.15) is 0 Å². The molecule has 0 aliphatic heterocycles. The van der Waals surface area contributed by atoms with Crippen molar-refractivity contribution in [2.45, 2.75) is 360 Å². The number of hydrogen-bond acceptors (Lipinski definition) is 5. The largest absolute Gasteiger partial charge is 0.466 e. The molecule has 2 atom stereocenters. The summed E-state index contributed by atoms with van der Waals surface area (Å²) in [6.45, 7) is 4.96. The molecule has 0 fully saturated rings. The topological polar surface area (TPSA) is 95.9 Å². The van der Waals surface area contributed by atoms with Gasteiger partial charge in [-0.25, -0.2) is 0 Å². The zero-order valence-electron chi connectivity index (χ0n) is 46.1. The summed E-state index contributed by atoms with van der Waals surface area (Å²) in [6, 6.07) is -0.542. The summed E-state index contributed by atoms with van der Waals surface area (Å²) >= 11 is 0. The van der Waals surface area contributed by atoms with E-state index in [-0.39, 0.29) is 18.5 Å². The molecule has 0 radical (unpaired) electrons. The van der Waals surface area contributed by atoms with E-state index >= 15 is 0 Å². The Morgan fingerprint density at radius 3 is 1.06 bits per heavy atom. The van der Waals surface area contributed by atoms with E-state index in [0.717, 1.165) is 44.9 Å². The van der Waals surface area contributed by atoms with Crippen LogP contribution in [0.5, 0.6) is 0 Å². The number of carbonyl (C=O) groups excluding carboxylic acids is 2. The van der Waals surface area contributed by atoms with Crippen LogP contribution in [0.15, 0.2) is 12.2 Å². The number of ether oxygens (including phenoxy) is 1. The molecule has 0 aromatic rings. The van der Waals surface area contributed by atoms with Crippen LogP contribution in [0.25, 0.3) is 0 Å². The fourth-order valence-electron chi connectivity index (χ4n) is 9.81. The summed E-state index contributed by atoms with van der Waals surface area (Å²) in [6.07, 6.45) is 69.3. The molecule has 0 aromatic carbocycles. The lowest BCUT2D eigenvalue weighted by Crippen LogP contribution is -2.45. The van der Waals surface area contributed by atoms with Crippen molar-refractivity contribution in [3.8, 4) is 0 Å². The van der Waals surface area contributed by atoms with Crippen molar-refractivity contribution in [1.82, 2.24) is 5.32 Å². The molecule has 0 aromatic heterocycles. The maximum Gasteiger partial charge on any atom is 0.305 e. The van der Waals surface area contributed by atoms with Crippen molar-refractivity contribution < 1.29 is 24.5 Å². The van der Waals surface area contributed by atoms with Gasteiger partial charge in [-0.1, -0.05) is 296 Å². The van der Waals surface area contributed by atoms with Gasteiger partial charge in [-0.15, -0.1) is 0 Å². The van der Waals surface area contributed by atoms with Crippen LogP contribution in [-0.4, -0.2) is 47.4 Å². The molecule has 0 bridgehead atoms. The molecular weight excluding hydrogens is 839 g/mol. The Hall–Kier alpha value is -1.40. The van der Waals surface area contributed by atoms with Crippen LogP contribution in [-0.2, 0) is 14.3 Å². The summed E-state index contributed by atoms with van der Waals surface area (Å²) in [5.74, 6) is -0.0295. The predicted octanol–water partition coefficient (Wildman–Crippen LogP) is 19.2. The smallest absolute Gasteiger partial charge is 0.305 e. The third-order valence-electron chi connectivity index (χ3n) is 14.6. The van der Waals surface area contributed by atoms with Crippen LogP contribution < -0.4 is 5.32 Å². The van der Waals surface area contributed by atoms with E-state index in [1.165, 1.54) is 270 Å². The fraction of sp³-hybridized carbons (Fsp3) is 0.935. The molecule has 0 spiro atoms. The van der Waals surface area contributed by atoms with Crippen LogP contribution >= 0.6 is 0 Å². The quantitative estimate of drug-likeness (QED) is 0.0321. The second-order valence-electron chi connectivity index (χ2n) is 21.4. The second kappa shape index (κ2) is 58.2. The third kappa shape index (κ3) is 53.9. The number of hydrogen-bond donors (Lipinski definition) is 3. The van der Waals surface area contributed by atoms with E-state index in [0.29, 0.717) is 25.9 Å². The first-order valence-electron chi connectivity index (χ1n) is 30.9. The lowest BCUT2D eigenvalue weighted by atomic mass is 10.0. The number of unbranched alkanes of at least 4 members (excludes halogenated alkanes) is 45. The number of esters is 1. The van der Waals surface area contributed by atoms with E-state index in [1.54, 1.807) is 0 Å². The summed E-state index contributed by atoms with van der Waals surface area (Å²) in [4.78, 5) is 24.5. The van der Waals surface area contributed by atoms with Gasteiger partial charge in [-0.3, -0.25) is 9.59 Å². The Morgan fingerprint density at radius 2 is 0.691 bits per heavy atom. The Bertz CT molecular complexity index is 1020. The van der Waals surface area contributed by atoms with Crippen molar-refractivity contribution in [3.63, 3.8) is 0 Å². The number of amides is 1. The molecule has 0 aliphatic carbocycles. The van der Waals surface area contributed by atoms with Gasteiger partial charge in [-0.05, 0) is 51.4 Å². The molecule has 0 heterocycles. The minimum atomic E-state index is -0.664. The zero-order valence-corrected chi connectivity index (χ0v) is 46.1. The predicted molar refractivity (Wildman–Crippen MR) is 297 cm³/mol. The molecule has 3 N–H and O–H groups in total. The van der Waals surface area contributed by atoms with Crippen LogP contribution in [0.4, 0.5) is 0 Å². The van der Waals surface area contributed by atoms with Gasteiger partial charge in [0, 0.05) is 12.8 Å². The number of carbonyl (C=O) groups is 2. The summed E-state index contributed by atoms with van der Waals surface area (Å²) in [5, 5.41) is 23.3. The van der Waals surface area contributed by atoms with Crippen molar-refractivity contribution in [2.75, 3.05) is 13.2 Å². The standard InChI is InChI=1S/C62H121NO5/c1-3-5-7-9-11-13-15-17-18-24-27-31-34-38-42-46-50-54-60(65)59(58-64)63-61(66)55-51-47-43-39-35-32-28-25-22-20-19-21-23-26-29-33-37-41-45-49-53-57-68-62(67)56-52-48-44-40-36-30-16-14-12-10-8-6-4-2/h14,16,59-60,64-65H,3-13,15,17-58H2,1-2H3,(H,63,66)/b16-14-. The van der Waals surface area contributed by atoms with Crippen LogP contribution in [0.2, 0.25) is 0 Å². The van der Waals surface area contributed by atoms with Gasteiger partial charge in [0.2, 0.25) is 5.91 Å². The molecule has 404 valence electrons. The van der Waals surface area contributed by atoms with Crippen molar-refractivity contribution >= 4 is 11.9 Å². The fourth-order valence-corrected chi connectivity index (χ4v) is 9.81. The summed E-state index contributed by atoms with van der Waals surface area (Å²) in [5.41, 5.74) is 0. The maximum atomic E-state index is 12.5. The number of allylic oxidation sites excluding steroid dienone is 2. The number of aliphatic hydroxyl groups excluding tert-OH is 2. The minimum Gasteiger partial charge on any atom is -0.466 e. The van der Waals surface area contributed by atoms with Gasteiger partial charge in [0.15, 0.2) is 0 Å². The van der Waals surface area contributed by atoms with Gasteiger partial charge in [0.1, 0.15) is 0 Å². The molecule has 0 saturated heterocycles. The van der Waals surface area contributed by atoms with E-state index in [1.807, 2.05) is 0 Å². The van der Waals surface area contributed by atoms with Crippen molar-refractivity contribution in [1.29, 1.82) is 0 Å². The van der Waals surface area contributed by atoms with Crippen molar-refractivity contribution in [2.24, 2.45) is 0 Å². The lowest BCUT2D eigenvalue weighted by Gasteiger charge is -2.22. The second-order valence-corrected chi connectivity index (χ2v) is 21.4. The van der Waals surface area contributed by atoms with Gasteiger partial charge in [0.25, 0.3) is 0 Å². The number of nitrogens with one attached hydrogen (secondary N) is 1. The summed E-state index contributed by atoms with van der Waals surface area (Å²) in [7, 11) is 0. The lowest BCUT2D eigenvalue weighted by molar-refractivity contribution is -0.143. The molecule has 6 nitrogen and oxygen atoms in total. The molecule has 6 heteroatoms.